The van der Waals surface area contributed by atoms with Crippen molar-refractivity contribution in [3.8, 4) is 5.75 Å². The summed E-state index contributed by atoms with van der Waals surface area (Å²) in [6.07, 6.45) is 1.90. The molecular formula is C16H17NO4S2. The minimum absolute atomic E-state index is 0.121. The van der Waals surface area contributed by atoms with Crippen LogP contribution in [0.2, 0.25) is 0 Å². The standard InChI is InChI=1S/C16H17NO4S2/c1-3-21-12-6-4-5-11(9-12)10-13-15(19)17(16(22)23-13)8-7-14(18)20-2/h4-6,9-10H,3,7-8H2,1-2H3/b13-10+. The van der Waals surface area contributed by atoms with Crippen molar-refractivity contribution in [1.82, 2.24) is 4.90 Å². The molecule has 1 fully saturated rings. The third-order valence-corrected chi connectivity index (χ3v) is 4.49. The van der Waals surface area contributed by atoms with E-state index in [0.717, 1.165) is 11.3 Å². The molecule has 5 nitrogen and oxygen atoms in total. The fourth-order valence-corrected chi connectivity index (χ4v) is 3.32. The lowest BCUT2D eigenvalue weighted by Gasteiger charge is -2.12. The van der Waals surface area contributed by atoms with E-state index in [9.17, 15) is 9.59 Å². The molecule has 0 saturated carbocycles. The smallest absolute Gasteiger partial charge is 0.307 e. The molecule has 0 spiro atoms. The Labute approximate surface area is 144 Å². The number of thioether (sulfide) groups is 1. The summed E-state index contributed by atoms with van der Waals surface area (Å²) in [5.41, 5.74) is 0.865. The number of nitrogens with zero attached hydrogens (tertiary/aromatic N) is 1. The zero-order valence-corrected chi connectivity index (χ0v) is 14.5. The Hall–Kier alpha value is -1.86. The second-order valence-corrected chi connectivity index (χ2v) is 6.34. The summed E-state index contributed by atoms with van der Waals surface area (Å²) >= 11 is 6.45. The van der Waals surface area contributed by atoms with Crippen molar-refractivity contribution in [1.29, 1.82) is 0 Å². The second-order valence-electron chi connectivity index (χ2n) is 4.66. The van der Waals surface area contributed by atoms with E-state index in [1.807, 2.05) is 31.2 Å². The van der Waals surface area contributed by atoms with Gasteiger partial charge in [-0.05, 0) is 30.7 Å². The summed E-state index contributed by atoms with van der Waals surface area (Å²) in [6, 6.07) is 7.49. The Kier molecular flexibility index (Phi) is 6.18. The van der Waals surface area contributed by atoms with Crippen LogP contribution in [0.25, 0.3) is 6.08 Å². The highest BCUT2D eigenvalue weighted by molar-refractivity contribution is 8.26. The Balaban J connectivity index is 2.11. The molecular weight excluding hydrogens is 334 g/mol. The second kappa shape index (κ2) is 8.12. The van der Waals surface area contributed by atoms with Gasteiger partial charge in [0.25, 0.3) is 5.91 Å². The number of amides is 1. The quantitative estimate of drug-likeness (QED) is 0.446. The van der Waals surface area contributed by atoms with Gasteiger partial charge in [0.1, 0.15) is 10.1 Å². The molecule has 23 heavy (non-hydrogen) atoms. The largest absolute Gasteiger partial charge is 0.494 e. The van der Waals surface area contributed by atoms with Crippen LogP contribution in [-0.4, -0.2) is 41.4 Å². The summed E-state index contributed by atoms with van der Waals surface area (Å²) < 4.78 is 10.5. The summed E-state index contributed by atoms with van der Waals surface area (Å²) in [4.78, 5) is 25.6. The number of methoxy groups -OCH3 is 1. The van der Waals surface area contributed by atoms with Gasteiger partial charge in [-0.1, -0.05) is 36.1 Å². The highest BCUT2D eigenvalue weighted by atomic mass is 32.2. The van der Waals surface area contributed by atoms with Crippen LogP contribution in [0.4, 0.5) is 0 Å². The van der Waals surface area contributed by atoms with Crippen LogP contribution in [0.3, 0.4) is 0 Å². The SMILES string of the molecule is CCOc1cccc(/C=C2/SC(=S)N(CCC(=O)OC)C2=O)c1. The molecule has 0 aromatic heterocycles. The zero-order chi connectivity index (χ0) is 16.8. The Morgan fingerprint density at radius 3 is 2.91 bits per heavy atom. The van der Waals surface area contributed by atoms with Gasteiger partial charge in [-0.25, -0.2) is 0 Å². The molecule has 0 radical (unpaired) electrons. The number of rotatable bonds is 6. The van der Waals surface area contributed by atoms with Crippen LogP contribution in [0.1, 0.15) is 18.9 Å². The molecule has 122 valence electrons. The number of thiocarbonyl (C=S) groups is 1. The van der Waals surface area contributed by atoms with E-state index in [2.05, 4.69) is 4.74 Å². The lowest BCUT2D eigenvalue weighted by atomic mass is 10.2. The number of hydrogen-bond acceptors (Lipinski definition) is 6. The molecule has 0 unspecified atom stereocenters. The van der Waals surface area contributed by atoms with Gasteiger partial charge in [-0.3, -0.25) is 14.5 Å². The Bertz CT molecular complexity index is 657. The summed E-state index contributed by atoms with van der Waals surface area (Å²) in [7, 11) is 1.32. The first-order valence-corrected chi connectivity index (χ1v) is 8.32. The molecule has 1 heterocycles. The molecule has 1 saturated heterocycles. The third kappa shape index (κ3) is 4.56. The molecule has 1 aliphatic rings. The van der Waals surface area contributed by atoms with E-state index in [4.69, 9.17) is 17.0 Å². The summed E-state index contributed by atoms with van der Waals surface area (Å²) in [5, 5.41) is 0. The van der Waals surface area contributed by atoms with Crippen molar-refractivity contribution in [2.24, 2.45) is 0 Å². The normalized spacial score (nSPS) is 16.1. The monoisotopic (exact) mass is 351 g/mol. The maximum Gasteiger partial charge on any atom is 0.307 e. The number of carbonyl (C=O) groups excluding carboxylic acids is 2. The predicted octanol–water partition coefficient (Wildman–Crippen LogP) is 2.85. The van der Waals surface area contributed by atoms with E-state index in [1.165, 1.54) is 23.8 Å². The maximum absolute atomic E-state index is 12.4. The van der Waals surface area contributed by atoms with Gasteiger partial charge in [-0.2, -0.15) is 0 Å². The van der Waals surface area contributed by atoms with E-state index < -0.39 is 0 Å². The first-order valence-electron chi connectivity index (χ1n) is 7.10. The molecule has 1 amide bonds. The Morgan fingerprint density at radius 1 is 1.43 bits per heavy atom. The van der Waals surface area contributed by atoms with Crippen LogP contribution in [0.15, 0.2) is 29.2 Å². The molecule has 0 bridgehead atoms. The first-order chi connectivity index (χ1) is 11.0. The average Bonchev–Trinajstić information content (AvgIpc) is 2.80. The van der Waals surface area contributed by atoms with Crippen LogP contribution >= 0.6 is 24.0 Å². The fraction of sp³-hybridized carbons (Fsp3) is 0.312. The van der Waals surface area contributed by atoms with Gasteiger partial charge in [0.15, 0.2) is 0 Å². The van der Waals surface area contributed by atoms with E-state index in [1.54, 1.807) is 6.08 Å². The van der Waals surface area contributed by atoms with Gasteiger partial charge in [0.05, 0.1) is 25.0 Å². The summed E-state index contributed by atoms with van der Waals surface area (Å²) in [6.45, 7) is 2.73. The van der Waals surface area contributed by atoms with Gasteiger partial charge in [0.2, 0.25) is 0 Å². The number of esters is 1. The molecule has 1 aromatic carbocycles. The van der Waals surface area contributed by atoms with E-state index in [0.29, 0.717) is 15.8 Å². The third-order valence-electron chi connectivity index (χ3n) is 3.11. The molecule has 1 aliphatic heterocycles. The maximum atomic E-state index is 12.4. The average molecular weight is 351 g/mol. The number of benzene rings is 1. The molecule has 1 aromatic rings. The van der Waals surface area contributed by atoms with Crippen molar-refractivity contribution in [2.75, 3.05) is 20.3 Å². The van der Waals surface area contributed by atoms with Crippen molar-refractivity contribution >= 4 is 46.3 Å². The van der Waals surface area contributed by atoms with Crippen LogP contribution in [-0.2, 0) is 14.3 Å². The van der Waals surface area contributed by atoms with Crippen LogP contribution in [0, 0.1) is 0 Å². The predicted molar refractivity (Wildman–Crippen MR) is 94.1 cm³/mol. The highest BCUT2D eigenvalue weighted by Crippen LogP contribution is 2.33. The highest BCUT2D eigenvalue weighted by Gasteiger charge is 2.32. The molecule has 7 heteroatoms. The summed E-state index contributed by atoms with van der Waals surface area (Å²) in [5.74, 6) is 0.195. The van der Waals surface area contributed by atoms with Crippen molar-refractivity contribution in [3.63, 3.8) is 0 Å². The van der Waals surface area contributed by atoms with Gasteiger partial charge in [-0.15, -0.1) is 0 Å². The molecule has 0 N–H and O–H groups in total. The van der Waals surface area contributed by atoms with Gasteiger partial charge >= 0.3 is 5.97 Å². The molecule has 0 atom stereocenters. The number of hydrogen-bond donors (Lipinski definition) is 0. The zero-order valence-electron chi connectivity index (χ0n) is 12.9. The topological polar surface area (TPSA) is 55.8 Å². The van der Waals surface area contributed by atoms with Gasteiger partial charge in [0, 0.05) is 6.54 Å². The van der Waals surface area contributed by atoms with Crippen LogP contribution in [0.5, 0.6) is 5.75 Å². The first kappa shape index (κ1) is 17.5. The van der Waals surface area contributed by atoms with E-state index >= 15 is 0 Å². The van der Waals surface area contributed by atoms with Crippen molar-refractivity contribution in [2.45, 2.75) is 13.3 Å². The lowest BCUT2D eigenvalue weighted by Crippen LogP contribution is -2.30. The van der Waals surface area contributed by atoms with Crippen LogP contribution < -0.4 is 4.74 Å². The van der Waals surface area contributed by atoms with Gasteiger partial charge < -0.3 is 9.47 Å². The number of carbonyl (C=O) groups is 2. The molecule has 0 aliphatic carbocycles. The van der Waals surface area contributed by atoms with Crippen molar-refractivity contribution in [3.05, 3.63) is 34.7 Å². The minimum Gasteiger partial charge on any atom is -0.494 e. The van der Waals surface area contributed by atoms with Crippen molar-refractivity contribution < 1.29 is 19.1 Å². The van der Waals surface area contributed by atoms with E-state index in [-0.39, 0.29) is 24.8 Å². The molecule has 2 rings (SSSR count). The fourth-order valence-electron chi connectivity index (χ4n) is 2.01. The minimum atomic E-state index is -0.368. The lowest BCUT2D eigenvalue weighted by molar-refractivity contribution is -0.140. The Morgan fingerprint density at radius 2 is 2.22 bits per heavy atom. The number of ether oxygens (including phenoxy) is 2.